The van der Waals surface area contributed by atoms with Gasteiger partial charge in [-0.2, -0.15) is 0 Å². The number of rotatable bonds is 4. The highest BCUT2D eigenvalue weighted by Crippen LogP contribution is 2.36. The average molecular weight is 439 g/mol. The normalized spacial score (nSPS) is 11.4. The Kier molecular flexibility index (Phi) is 5.90. The van der Waals surface area contributed by atoms with Gasteiger partial charge in [0.1, 0.15) is 0 Å². The van der Waals surface area contributed by atoms with E-state index in [9.17, 15) is 0 Å². The molecule has 0 saturated carbocycles. The van der Waals surface area contributed by atoms with E-state index in [1.165, 1.54) is 50.1 Å². The highest BCUT2D eigenvalue weighted by atomic mass is 14.2. The largest absolute Gasteiger partial charge is 0.0622 e. The predicted octanol–water partition coefficient (Wildman–Crippen LogP) is 9.65. The van der Waals surface area contributed by atoms with Gasteiger partial charge in [-0.3, -0.25) is 0 Å². The Balaban J connectivity index is 1.63. The van der Waals surface area contributed by atoms with Gasteiger partial charge in [-0.1, -0.05) is 130 Å². The van der Waals surface area contributed by atoms with Crippen LogP contribution in [0.15, 0.2) is 127 Å². The summed E-state index contributed by atoms with van der Waals surface area (Å²) in [5.41, 5.74) is 11.4. The van der Waals surface area contributed by atoms with Crippen LogP contribution in [0, 0.1) is 0 Å². The van der Waals surface area contributed by atoms with Crippen molar-refractivity contribution >= 4 is 0 Å². The van der Waals surface area contributed by atoms with Crippen molar-refractivity contribution in [3.05, 3.63) is 133 Å². The highest BCUT2D eigenvalue weighted by Gasteiger charge is 2.17. The molecule has 0 aliphatic carbocycles. The van der Waals surface area contributed by atoms with Crippen molar-refractivity contribution in [1.29, 1.82) is 0 Å². The van der Waals surface area contributed by atoms with Crippen LogP contribution in [0.25, 0.3) is 44.5 Å². The zero-order chi connectivity index (χ0) is 23.5. The van der Waals surface area contributed by atoms with Crippen LogP contribution in [-0.4, -0.2) is 0 Å². The van der Waals surface area contributed by atoms with Crippen molar-refractivity contribution in [2.24, 2.45) is 0 Å². The SMILES string of the molecule is CC(C)(C)c1cc(-c2cccc(-c3ccccc3)c2)cc(-c2cccc(-c3ccccc3)c2)c1. The highest BCUT2D eigenvalue weighted by molar-refractivity contribution is 5.80. The summed E-state index contributed by atoms with van der Waals surface area (Å²) >= 11 is 0. The Morgan fingerprint density at radius 2 is 0.647 bits per heavy atom. The molecule has 0 amide bonds. The first-order chi connectivity index (χ1) is 16.5. The van der Waals surface area contributed by atoms with E-state index in [1.54, 1.807) is 0 Å². The Morgan fingerprint density at radius 3 is 1.03 bits per heavy atom. The molecule has 34 heavy (non-hydrogen) atoms. The van der Waals surface area contributed by atoms with E-state index in [-0.39, 0.29) is 5.41 Å². The van der Waals surface area contributed by atoms with Crippen molar-refractivity contribution in [2.75, 3.05) is 0 Å². The average Bonchev–Trinajstić information content (AvgIpc) is 2.89. The number of hydrogen-bond donors (Lipinski definition) is 0. The molecule has 0 aliphatic heterocycles. The van der Waals surface area contributed by atoms with Gasteiger partial charge in [-0.05, 0) is 73.7 Å². The topological polar surface area (TPSA) is 0 Å². The van der Waals surface area contributed by atoms with Gasteiger partial charge in [0.25, 0.3) is 0 Å². The molecule has 0 saturated heterocycles. The molecular formula is C34H30. The molecule has 0 N–H and O–H groups in total. The lowest BCUT2D eigenvalue weighted by atomic mass is 9.83. The maximum absolute atomic E-state index is 2.36. The molecule has 166 valence electrons. The van der Waals surface area contributed by atoms with E-state index >= 15 is 0 Å². The van der Waals surface area contributed by atoms with E-state index in [4.69, 9.17) is 0 Å². The summed E-state index contributed by atoms with van der Waals surface area (Å²) in [4.78, 5) is 0. The summed E-state index contributed by atoms with van der Waals surface area (Å²) < 4.78 is 0. The molecule has 0 atom stereocenters. The van der Waals surface area contributed by atoms with Crippen LogP contribution in [-0.2, 0) is 5.41 Å². The van der Waals surface area contributed by atoms with Gasteiger partial charge < -0.3 is 0 Å². The van der Waals surface area contributed by atoms with Crippen LogP contribution in [0.3, 0.4) is 0 Å². The lowest BCUT2D eigenvalue weighted by molar-refractivity contribution is 0.590. The summed E-state index contributed by atoms with van der Waals surface area (Å²) in [5.74, 6) is 0. The molecule has 0 spiro atoms. The van der Waals surface area contributed by atoms with Gasteiger partial charge in [0.05, 0.1) is 0 Å². The third kappa shape index (κ3) is 4.72. The Bertz CT molecular complexity index is 1300. The van der Waals surface area contributed by atoms with E-state index in [2.05, 4.69) is 148 Å². The summed E-state index contributed by atoms with van der Waals surface area (Å²) in [7, 11) is 0. The zero-order valence-electron chi connectivity index (χ0n) is 20.1. The summed E-state index contributed by atoms with van der Waals surface area (Å²) in [6.07, 6.45) is 0. The van der Waals surface area contributed by atoms with E-state index in [0.29, 0.717) is 0 Å². The number of hydrogen-bond acceptors (Lipinski definition) is 0. The summed E-state index contributed by atoms with van der Waals surface area (Å²) in [5, 5.41) is 0. The van der Waals surface area contributed by atoms with E-state index in [0.717, 1.165) is 0 Å². The van der Waals surface area contributed by atoms with Crippen LogP contribution >= 0.6 is 0 Å². The fraction of sp³-hybridized carbons (Fsp3) is 0.118. The molecule has 0 heterocycles. The van der Waals surface area contributed by atoms with Crippen LogP contribution < -0.4 is 0 Å². The van der Waals surface area contributed by atoms with Crippen molar-refractivity contribution in [1.82, 2.24) is 0 Å². The first-order valence-corrected chi connectivity index (χ1v) is 11.9. The molecule has 0 nitrogen and oxygen atoms in total. The maximum atomic E-state index is 2.36. The van der Waals surface area contributed by atoms with Gasteiger partial charge in [-0.25, -0.2) is 0 Å². The van der Waals surface area contributed by atoms with Crippen LogP contribution in [0.5, 0.6) is 0 Å². The Morgan fingerprint density at radius 1 is 0.324 bits per heavy atom. The van der Waals surface area contributed by atoms with Gasteiger partial charge in [0.2, 0.25) is 0 Å². The fourth-order valence-electron chi connectivity index (χ4n) is 4.41. The minimum Gasteiger partial charge on any atom is -0.0622 e. The molecular weight excluding hydrogens is 408 g/mol. The minimum absolute atomic E-state index is 0.0544. The van der Waals surface area contributed by atoms with Crippen LogP contribution in [0.1, 0.15) is 26.3 Å². The van der Waals surface area contributed by atoms with Gasteiger partial charge in [0, 0.05) is 0 Å². The quantitative estimate of drug-likeness (QED) is 0.262. The number of benzene rings is 5. The zero-order valence-corrected chi connectivity index (χ0v) is 20.1. The second kappa shape index (κ2) is 9.15. The smallest absolute Gasteiger partial charge is 0.0131 e. The lowest BCUT2D eigenvalue weighted by Gasteiger charge is -2.22. The third-order valence-electron chi connectivity index (χ3n) is 6.41. The second-order valence-electron chi connectivity index (χ2n) is 9.94. The van der Waals surface area contributed by atoms with Crippen LogP contribution in [0.2, 0.25) is 0 Å². The van der Waals surface area contributed by atoms with Crippen LogP contribution in [0.4, 0.5) is 0 Å². The molecule has 0 aliphatic rings. The second-order valence-corrected chi connectivity index (χ2v) is 9.94. The lowest BCUT2D eigenvalue weighted by Crippen LogP contribution is -2.11. The monoisotopic (exact) mass is 438 g/mol. The first-order valence-electron chi connectivity index (χ1n) is 11.9. The maximum Gasteiger partial charge on any atom is -0.0131 e. The molecule has 5 rings (SSSR count). The molecule has 0 bridgehead atoms. The van der Waals surface area contributed by atoms with E-state index in [1.807, 2.05) is 0 Å². The molecule has 0 aromatic heterocycles. The first kappa shape index (κ1) is 21.9. The summed E-state index contributed by atoms with van der Waals surface area (Å²) in [6.45, 7) is 6.87. The molecule has 0 heteroatoms. The minimum atomic E-state index is 0.0544. The molecule has 5 aromatic rings. The predicted molar refractivity (Wildman–Crippen MR) is 147 cm³/mol. The van der Waals surface area contributed by atoms with Crippen molar-refractivity contribution in [3.8, 4) is 44.5 Å². The van der Waals surface area contributed by atoms with E-state index < -0.39 is 0 Å². The molecule has 0 radical (unpaired) electrons. The van der Waals surface area contributed by atoms with Crippen molar-refractivity contribution < 1.29 is 0 Å². The van der Waals surface area contributed by atoms with Gasteiger partial charge in [0.15, 0.2) is 0 Å². The summed E-state index contributed by atoms with van der Waals surface area (Å²) in [6, 6.07) is 46.0. The fourth-order valence-corrected chi connectivity index (χ4v) is 4.41. The van der Waals surface area contributed by atoms with Crippen molar-refractivity contribution in [3.63, 3.8) is 0 Å². The molecule has 0 fully saturated rings. The van der Waals surface area contributed by atoms with Crippen molar-refractivity contribution in [2.45, 2.75) is 26.2 Å². The van der Waals surface area contributed by atoms with Gasteiger partial charge >= 0.3 is 0 Å². The Labute approximate surface area is 203 Å². The standard InChI is InChI=1S/C34H30/c1-34(2,3)33-23-31(29-18-10-16-27(20-29)25-12-6-4-7-13-25)22-32(24-33)30-19-11-17-28(21-30)26-14-8-5-9-15-26/h4-24H,1-3H3. The molecule has 5 aromatic carbocycles. The molecule has 0 unspecified atom stereocenters. The third-order valence-corrected chi connectivity index (χ3v) is 6.41. The van der Waals surface area contributed by atoms with Gasteiger partial charge in [-0.15, -0.1) is 0 Å². The Hall–Kier alpha value is -3.90.